The number of amides is 2. The first-order valence-corrected chi connectivity index (χ1v) is 14.8. The highest BCUT2D eigenvalue weighted by atomic mass is 19.1. The molecule has 0 bridgehead atoms. The van der Waals surface area contributed by atoms with Crippen LogP contribution in [0.3, 0.4) is 0 Å². The fraction of sp³-hybridized carbons (Fsp3) is 0.412. The number of hydrogen-bond acceptors (Lipinski definition) is 5. The van der Waals surface area contributed by atoms with E-state index in [0.717, 1.165) is 19.3 Å². The quantitative estimate of drug-likeness (QED) is 0.208. The minimum atomic E-state index is -1.07. The average molecular weight is 593 g/mol. The van der Waals surface area contributed by atoms with Gasteiger partial charge in [-0.05, 0) is 68.9 Å². The van der Waals surface area contributed by atoms with Gasteiger partial charge in [0, 0.05) is 37.0 Å². The van der Waals surface area contributed by atoms with Crippen LogP contribution in [0, 0.1) is 11.7 Å². The predicted molar refractivity (Wildman–Crippen MR) is 164 cm³/mol. The number of urea groups is 1. The van der Waals surface area contributed by atoms with Gasteiger partial charge in [-0.25, -0.2) is 9.18 Å². The molecule has 1 aliphatic rings. The van der Waals surface area contributed by atoms with Crippen LogP contribution in [0.5, 0.6) is 23.0 Å². The number of aliphatic carboxylic acids is 1. The number of hydrogen-bond donors (Lipinski definition) is 3. The largest absolute Gasteiger partial charge is 0.481 e. The number of carboxylic acids is 1. The second-order valence-corrected chi connectivity index (χ2v) is 11.8. The Morgan fingerprint density at radius 1 is 0.953 bits per heavy atom. The summed E-state index contributed by atoms with van der Waals surface area (Å²) in [5.41, 5.74) is -0.834. The van der Waals surface area contributed by atoms with E-state index in [1.807, 2.05) is 0 Å². The molecule has 0 saturated carbocycles. The summed E-state index contributed by atoms with van der Waals surface area (Å²) in [5.74, 6) is 0.0189. The van der Waals surface area contributed by atoms with Gasteiger partial charge < -0.3 is 29.9 Å². The lowest BCUT2D eigenvalue weighted by molar-refractivity contribution is -0.142. The number of likely N-dealkylation sites (tertiary alicyclic amines) is 1. The second-order valence-electron chi connectivity index (χ2n) is 11.8. The van der Waals surface area contributed by atoms with Crippen LogP contribution in [0.2, 0.25) is 0 Å². The van der Waals surface area contributed by atoms with Crippen LogP contribution in [-0.2, 0) is 10.2 Å². The van der Waals surface area contributed by atoms with E-state index in [4.69, 9.17) is 9.47 Å². The number of para-hydroxylation sites is 1. The zero-order valence-electron chi connectivity index (χ0n) is 25.2. The molecule has 9 heteroatoms. The number of halogens is 1. The number of ether oxygens (including phenoxy) is 2. The van der Waals surface area contributed by atoms with E-state index >= 15 is 0 Å². The Morgan fingerprint density at radius 2 is 1.56 bits per heavy atom. The maximum atomic E-state index is 14.4. The zero-order chi connectivity index (χ0) is 31.2. The van der Waals surface area contributed by atoms with Crippen molar-refractivity contribution in [1.29, 1.82) is 0 Å². The fourth-order valence-electron chi connectivity index (χ4n) is 5.26. The van der Waals surface area contributed by atoms with E-state index in [0.29, 0.717) is 54.6 Å². The lowest BCUT2D eigenvalue weighted by Crippen LogP contribution is -2.48. The molecule has 1 aliphatic heterocycles. The Labute approximate surface area is 252 Å². The summed E-state index contributed by atoms with van der Waals surface area (Å²) in [5, 5.41) is 23.5. The third-order valence-electron chi connectivity index (χ3n) is 8.35. The molecular formula is C34H41FN2O6. The van der Waals surface area contributed by atoms with Gasteiger partial charge in [0.15, 0.2) is 11.6 Å². The highest BCUT2D eigenvalue weighted by Crippen LogP contribution is 2.35. The number of carboxylic acid groups (broad SMARTS) is 1. The summed E-state index contributed by atoms with van der Waals surface area (Å²) in [6.45, 7) is 8.38. The number of rotatable bonds is 11. The van der Waals surface area contributed by atoms with E-state index in [1.54, 1.807) is 73.3 Å². The van der Waals surface area contributed by atoms with Gasteiger partial charge in [-0.1, -0.05) is 51.0 Å². The van der Waals surface area contributed by atoms with Crippen molar-refractivity contribution in [1.82, 2.24) is 4.90 Å². The molecule has 0 spiro atoms. The van der Waals surface area contributed by atoms with Crippen molar-refractivity contribution in [2.24, 2.45) is 5.92 Å². The summed E-state index contributed by atoms with van der Waals surface area (Å²) in [6, 6.07) is 17.2. The van der Waals surface area contributed by atoms with E-state index in [-0.39, 0.29) is 17.5 Å². The van der Waals surface area contributed by atoms with Crippen molar-refractivity contribution in [3.05, 3.63) is 78.1 Å². The normalized spacial score (nSPS) is 14.8. The van der Waals surface area contributed by atoms with Gasteiger partial charge in [-0.3, -0.25) is 4.79 Å². The molecule has 8 nitrogen and oxygen atoms in total. The summed E-state index contributed by atoms with van der Waals surface area (Å²) >= 11 is 0. The Balaban J connectivity index is 1.52. The van der Waals surface area contributed by atoms with Crippen molar-refractivity contribution < 1.29 is 33.7 Å². The number of nitrogens with one attached hydrogen (secondary N) is 1. The van der Waals surface area contributed by atoms with Crippen molar-refractivity contribution >= 4 is 17.7 Å². The van der Waals surface area contributed by atoms with Crippen LogP contribution in [-0.4, -0.2) is 45.8 Å². The van der Waals surface area contributed by atoms with Gasteiger partial charge >= 0.3 is 12.0 Å². The molecule has 2 amide bonds. The van der Waals surface area contributed by atoms with Gasteiger partial charge in [0.1, 0.15) is 17.2 Å². The van der Waals surface area contributed by atoms with Crippen LogP contribution in [0.25, 0.3) is 0 Å². The second kappa shape index (κ2) is 13.5. The summed E-state index contributed by atoms with van der Waals surface area (Å²) < 4.78 is 26.2. The van der Waals surface area contributed by atoms with Crippen LogP contribution >= 0.6 is 0 Å². The van der Waals surface area contributed by atoms with Crippen molar-refractivity contribution in [3.63, 3.8) is 0 Å². The molecule has 0 aliphatic carbocycles. The van der Waals surface area contributed by atoms with Gasteiger partial charge in [-0.15, -0.1) is 0 Å². The SMILES string of the molecule is CCC(CC)CC1(O)CCN(C(=O)Nc2cc(Oc3ccc(C(C)(C)C(=O)O)cc3)cc(Oc3ccccc3F)c2)CC1. The van der Waals surface area contributed by atoms with Crippen molar-refractivity contribution in [2.75, 3.05) is 18.4 Å². The third-order valence-corrected chi connectivity index (χ3v) is 8.35. The van der Waals surface area contributed by atoms with Crippen molar-refractivity contribution in [2.45, 2.75) is 70.8 Å². The minimum Gasteiger partial charge on any atom is -0.481 e. The summed E-state index contributed by atoms with van der Waals surface area (Å²) in [6.07, 6.45) is 3.79. The van der Waals surface area contributed by atoms with Crippen LogP contribution in [0.4, 0.5) is 14.9 Å². The Kier molecular flexibility index (Phi) is 9.96. The number of carbonyl (C=O) groups is 2. The number of piperidine rings is 1. The first kappa shape index (κ1) is 31.8. The van der Waals surface area contributed by atoms with E-state index in [2.05, 4.69) is 19.2 Å². The summed E-state index contributed by atoms with van der Waals surface area (Å²) in [7, 11) is 0. The average Bonchev–Trinajstić information content (AvgIpc) is 2.97. The molecule has 1 heterocycles. The van der Waals surface area contributed by atoms with Gasteiger partial charge in [0.2, 0.25) is 0 Å². The maximum Gasteiger partial charge on any atom is 0.321 e. The number of benzene rings is 3. The molecule has 0 unspecified atom stereocenters. The van der Waals surface area contributed by atoms with E-state index in [1.165, 1.54) is 12.1 Å². The van der Waals surface area contributed by atoms with Gasteiger partial charge in [0.25, 0.3) is 0 Å². The lowest BCUT2D eigenvalue weighted by Gasteiger charge is -2.39. The molecule has 0 atom stereocenters. The molecule has 4 rings (SSSR count). The Morgan fingerprint density at radius 3 is 2.14 bits per heavy atom. The number of aliphatic hydroxyl groups is 1. The first-order chi connectivity index (χ1) is 20.4. The molecule has 1 saturated heterocycles. The van der Waals surface area contributed by atoms with Gasteiger partial charge in [0.05, 0.1) is 11.0 Å². The zero-order valence-corrected chi connectivity index (χ0v) is 25.2. The molecule has 230 valence electrons. The Hall–Kier alpha value is -4.11. The highest BCUT2D eigenvalue weighted by molar-refractivity contribution is 5.90. The molecule has 43 heavy (non-hydrogen) atoms. The molecule has 3 aromatic rings. The van der Waals surface area contributed by atoms with Gasteiger partial charge in [-0.2, -0.15) is 0 Å². The van der Waals surface area contributed by atoms with Crippen molar-refractivity contribution in [3.8, 4) is 23.0 Å². The molecular weight excluding hydrogens is 551 g/mol. The van der Waals surface area contributed by atoms with E-state index < -0.39 is 22.8 Å². The molecule has 0 aromatic heterocycles. The smallest absolute Gasteiger partial charge is 0.321 e. The summed E-state index contributed by atoms with van der Waals surface area (Å²) in [4.78, 5) is 26.5. The van der Waals surface area contributed by atoms with E-state index in [9.17, 15) is 24.2 Å². The van der Waals surface area contributed by atoms with Crippen LogP contribution in [0.15, 0.2) is 66.7 Å². The molecule has 0 radical (unpaired) electrons. The standard InChI is InChI=1S/C34H41FN2O6/c1-5-23(6-2)22-34(41)15-17-37(18-16-34)32(40)36-25-19-27(21-28(20-25)43-30-10-8-7-9-29(30)35)42-26-13-11-24(12-14-26)33(3,4)31(38)39/h7-14,19-21,23,41H,5-6,15-18,22H2,1-4H3,(H,36,40)(H,38,39). The lowest BCUT2D eigenvalue weighted by atomic mass is 9.81. The topological polar surface area (TPSA) is 108 Å². The number of anilines is 1. The highest BCUT2D eigenvalue weighted by Gasteiger charge is 2.35. The minimum absolute atomic E-state index is 0.0185. The Bertz CT molecular complexity index is 1410. The fourth-order valence-corrected chi connectivity index (χ4v) is 5.26. The number of nitrogens with zero attached hydrogens (tertiary/aromatic N) is 1. The first-order valence-electron chi connectivity index (χ1n) is 14.8. The third kappa shape index (κ3) is 8.04. The molecule has 1 fully saturated rings. The molecule has 3 aromatic carbocycles. The maximum absolute atomic E-state index is 14.4. The van der Waals surface area contributed by atoms with Crippen LogP contribution < -0.4 is 14.8 Å². The van der Waals surface area contributed by atoms with Crippen LogP contribution in [0.1, 0.15) is 65.4 Å². The predicted octanol–water partition coefficient (Wildman–Crippen LogP) is 7.96. The monoisotopic (exact) mass is 592 g/mol. The molecule has 3 N–H and O–H groups in total. The number of carbonyl (C=O) groups excluding carboxylic acids is 1.